The third-order valence-corrected chi connectivity index (χ3v) is 4.53. The van der Waals surface area contributed by atoms with Gasteiger partial charge in [-0.2, -0.15) is 0 Å². The maximum atomic E-state index is 12.7. The fourth-order valence-corrected chi connectivity index (χ4v) is 3.07. The van der Waals surface area contributed by atoms with Gasteiger partial charge < -0.3 is 15.0 Å². The second-order valence-electron chi connectivity index (χ2n) is 6.06. The smallest absolute Gasteiger partial charge is 0.223 e. The summed E-state index contributed by atoms with van der Waals surface area (Å²) in [5.41, 5.74) is 1.18. The lowest BCUT2D eigenvalue weighted by Crippen LogP contribution is -2.36. The van der Waals surface area contributed by atoms with Crippen LogP contribution in [0.3, 0.4) is 0 Å². The molecule has 0 bridgehead atoms. The number of rotatable bonds is 8. The van der Waals surface area contributed by atoms with Gasteiger partial charge in [0.2, 0.25) is 5.91 Å². The molecule has 1 saturated heterocycles. The summed E-state index contributed by atoms with van der Waals surface area (Å²) in [6.45, 7) is 5.47. The first-order chi connectivity index (χ1) is 10.7. The van der Waals surface area contributed by atoms with Crippen molar-refractivity contribution < 1.29 is 9.53 Å². The highest BCUT2D eigenvalue weighted by atomic mass is 16.5. The third kappa shape index (κ3) is 4.82. The first-order valence-corrected chi connectivity index (χ1v) is 8.26. The molecule has 0 aromatic heterocycles. The lowest BCUT2D eigenvalue weighted by Gasteiger charge is -2.30. The summed E-state index contributed by atoms with van der Waals surface area (Å²) in [7, 11) is 1.68. The van der Waals surface area contributed by atoms with Gasteiger partial charge in [-0.1, -0.05) is 30.3 Å². The quantitative estimate of drug-likeness (QED) is 0.803. The molecule has 1 aliphatic heterocycles. The van der Waals surface area contributed by atoms with Gasteiger partial charge in [0.15, 0.2) is 0 Å². The first kappa shape index (κ1) is 17.0. The van der Waals surface area contributed by atoms with Crippen molar-refractivity contribution in [2.45, 2.75) is 32.2 Å². The van der Waals surface area contributed by atoms with E-state index in [1.165, 1.54) is 12.0 Å². The van der Waals surface area contributed by atoms with Gasteiger partial charge in [0, 0.05) is 20.1 Å². The van der Waals surface area contributed by atoms with E-state index in [0.29, 0.717) is 25.5 Å². The summed E-state index contributed by atoms with van der Waals surface area (Å²) in [4.78, 5) is 14.6. The van der Waals surface area contributed by atoms with Gasteiger partial charge in [0.05, 0.1) is 12.6 Å². The molecule has 2 atom stereocenters. The van der Waals surface area contributed by atoms with Gasteiger partial charge in [-0.15, -0.1) is 0 Å². The zero-order chi connectivity index (χ0) is 15.8. The zero-order valence-electron chi connectivity index (χ0n) is 13.8. The molecule has 22 heavy (non-hydrogen) atoms. The molecule has 1 aliphatic rings. The molecule has 4 heteroatoms. The van der Waals surface area contributed by atoms with E-state index < -0.39 is 0 Å². The molecule has 1 fully saturated rings. The maximum absolute atomic E-state index is 12.7. The van der Waals surface area contributed by atoms with Crippen molar-refractivity contribution in [2.24, 2.45) is 5.92 Å². The average Bonchev–Trinajstić information content (AvgIpc) is 3.07. The van der Waals surface area contributed by atoms with Gasteiger partial charge in [-0.3, -0.25) is 4.79 Å². The van der Waals surface area contributed by atoms with E-state index in [4.69, 9.17) is 4.74 Å². The Balaban J connectivity index is 1.96. The number of amides is 1. The highest BCUT2D eigenvalue weighted by molar-refractivity contribution is 5.76. The molecular weight excluding hydrogens is 276 g/mol. The van der Waals surface area contributed by atoms with Crippen LogP contribution in [0.2, 0.25) is 0 Å². The van der Waals surface area contributed by atoms with E-state index in [9.17, 15) is 4.79 Å². The van der Waals surface area contributed by atoms with E-state index in [-0.39, 0.29) is 11.9 Å². The number of hydrogen-bond acceptors (Lipinski definition) is 3. The molecule has 0 spiro atoms. The fourth-order valence-electron chi connectivity index (χ4n) is 3.07. The van der Waals surface area contributed by atoms with Gasteiger partial charge in [0.25, 0.3) is 0 Å². The van der Waals surface area contributed by atoms with E-state index >= 15 is 0 Å². The topological polar surface area (TPSA) is 41.6 Å². The average molecular weight is 304 g/mol. The van der Waals surface area contributed by atoms with Crippen LogP contribution in [0.5, 0.6) is 0 Å². The number of ether oxygens (including phenoxy) is 1. The van der Waals surface area contributed by atoms with Crippen molar-refractivity contribution in [3.63, 3.8) is 0 Å². The number of nitrogens with one attached hydrogen (secondary N) is 1. The van der Waals surface area contributed by atoms with Crippen molar-refractivity contribution in [2.75, 3.05) is 33.4 Å². The van der Waals surface area contributed by atoms with Crippen molar-refractivity contribution in [3.05, 3.63) is 35.9 Å². The van der Waals surface area contributed by atoms with Crippen molar-refractivity contribution >= 4 is 5.91 Å². The van der Waals surface area contributed by atoms with Crippen LogP contribution in [-0.4, -0.2) is 44.2 Å². The normalized spacial score (nSPS) is 19.1. The Hall–Kier alpha value is -1.39. The molecule has 122 valence electrons. The molecule has 1 N–H and O–H groups in total. The van der Waals surface area contributed by atoms with Gasteiger partial charge in [-0.25, -0.2) is 0 Å². The highest BCUT2D eigenvalue weighted by Gasteiger charge is 2.23. The van der Waals surface area contributed by atoms with E-state index in [0.717, 1.165) is 19.5 Å². The molecule has 0 radical (unpaired) electrons. The second-order valence-corrected chi connectivity index (χ2v) is 6.06. The van der Waals surface area contributed by atoms with Crippen LogP contribution in [0.25, 0.3) is 0 Å². The number of methoxy groups -OCH3 is 1. The summed E-state index contributed by atoms with van der Waals surface area (Å²) in [6.07, 6.45) is 2.81. The minimum Gasteiger partial charge on any atom is -0.383 e. The second kappa shape index (κ2) is 8.91. The molecule has 4 nitrogen and oxygen atoms in total. The van der Waals surface area contributed by atoms with Crippen LogP contribution in [0, 0.1) is 5.92 Å². The number of carbonyl (C=O) groups is 1. The predicted octanol–water partition coefficient (Wildman–Crippen LogP) is 2.61. The Morgan fingerprint density at radius 3 is 2.82 bits per heavy atom. The fraction of sp³-hybridized carbons (Fsp3) is 0.611. The largest absolute Gasteiger partial charge is 0.383 e. The van der Waals surface area contributed by atoms with Crippen LogP contribution in [0.4, 0.5) is 0 Å². The van der Waals surface area contributed by atoms with Gasteiger partial charge >= 0.3 is 0 Å². The highest BCUT2D eigenvalue weighted by Crippen LogP contribution is 2.22. The van der Waals surface area contributed by atoms with Crippen molar-refractivity contribution in [1.29, 1.82) is 0 Å². The molecular formula is C18H28N2O2. The van der Waals surface area contributed by atoms with Crippen molar-refractivity contribution in [1.82, 2.24) is 10.2 Å². The molecule has 1 amide bonds. The van der Waals surface area contributed by atoms with Crippen LogP contribution >= 0.6 is 0 Å². The molecule has 0 aliphatic carbocycles. The molecule has 1 aromatic carbocycles. The lowest BCUT2D eigenvalue weighted by molar-refractivity contribution is -0.134. The predicted molar refractivity (Wildman–Crippen MR) is 88.7 cm³/mol. The maximum Gasteiger partial charge on any atom is 0.223 e. The molecule has 2 unspecified atom stereocenters. The Bertz CT molecular complexity index is 444. The summed E-state index contributed by atoms with van der Waals surface area (Å²) in [5, 5.41) is 3.36. The third-order valence-electron chi connectivity index (χ3n) is 4.53. The van der Waals surface area contributed by atoms with Crippen LogP contribution in [0.15, 0.2) is 30.3 Å². The SMILES string of the molecule is COCCN(C(=O)CCC1CCNC1)C(C)c1ccccc1. The monoisotopic (exact) mass is 304 g/mol. The number of carbonyl (C=O) groups excluding carboxylic acids is 1. The first-order valence-electron chi connectivity index (χ1n) is 8.26. The van der Waals surface area contributed by atoms with Crippen LogP contribution in [-0.2, 0) is 9.53 Å². The Labute approximate surface area is 133 Å². The Kier molecular flexibility index (Phi) is 6.87. The lowest BCUT2D eigenvalue weighted by atomic mass is 10.0. The van der Waals surface area contributed by atoms with Gasteiger partial charge in [0.1, 0.15) is 0 Å². The minimum atomic E-state index is 0.0885. The van der Waals surface area contributed by atoms with E-state index in [2.05, 4.69) is 24.4 Å². The standard InChI is InChI=1S/C18H28N2O2/c1-15(17-6-4-3-5-7-17)20(12-13-22-2)18(21)9-8-16-10-11-19-14-16/h3-7,15-16,19H,8-14H2,1-2H3. The summed E-state index contributed by atoms with van der Waals surface area (Å²) < 4.78 is 5.18. The molecule has 0 saturated carbocycles. The molecule has 2 rings (SSSR count). The zero-order valence-corrected chi connectivity index (χ0v) is 13.8. The number of hydrogen-bond donors (Lipinski definition) is 1. The number of benzene rings is 1. The number of nitrogens with zero attached hydrogens (tertiary/aromatic N) is 1. The van der Waals surface area contributed by atoms with Crippen LogP contribution < -0.4 is 5.32 Å². The minimum absolute atomic E-state index is 0.0885. The van der Waals surface area contributed by atoms with Gasteiger partial charge in [-0.05, 0) is 44.3 Å². The molecule has 1 aromatic rings. The Morgan fingerprint density at radius 2 is 2.18 bits per heavy atom. The van der Waals surface area contributed by atoms with Crippen LogP contribution in [0.1, 0.15) is 37.8 Å². The summed E-state index contributed by atoms with van der Waals surface area (Å²) >= 11 is 0. The molecule has 1 heterocycles. The summed E-state index contributed by atoms with van der Waals surface area (Å²) in [5.74, 6) is 0.889. The summed E-state index contributed by atoms with van der Waals surface area (Å²) in [6, 6.07) is 10.3. The van der Waals surface area contributed by atoms with Crippen molar-refractivity contribution in [3.8, 4) is 0 Å². The van der Waals surface area contributed by atoms with E-state index in [1.54, 1.807) is 7.11 Å². The van der Waals surface area contributed by atoms with E-state index in [1.807, 2.05) is 23.1 Å². The Morgan fingerprint density at radius 1 is 1.41 bits per heavy atom.